The summed E-state index contributed by atoms with van der Waals surface area (Å²) in [6.45, 7) is 14.9. The minimum atomic E-state index is 1.25. The predicted octanol–water partition coefficient (Wildman–Crippen LogP) is 3.93. The SMILES string of the molecule is C=CN=CC.CC.CC.CC=N. The molecule has 0 aromatic carbocycles. The van der Waals surface area contributed by atoms with E-state index in [-0.39, 0.29) is 0 Å². The summed E-state index contributed by atoms with van der Waals surface area (Å²) < 4.78 is 0. The Hall–Kier alpha value is -0.920. The summed E-state index contributed by atoms with van der Waals surface area (Å²) in [5.41, 5.74) is 0. The van der Waals surface area contributed by atoms with E-state index < -0.39 is 0 Å². The van der Waals surface area contributed by atoms with Crippen LogP contribution in [0.5, 0.6) is 0 Å². The van der Waals surface area contributed by atoms with Gasteiger partial charge in [-0.2, -0.15) is 0 Å². The smallest absolute Gasteiger partial charge is 0.0191 e. The van der Waals surface area contributed by atoms with Gasteiger partial charge in [0, 0.05) is 12.4 Å². The Balaban J connectivity index is -0.0000000397. The standard InChI is InChI=1S/C4H7N.C2H5N.2C2H6/c1-3-5-4-2;1-2-3;2*1-2/h3-4H,1H2,2H3;2-3H,1H3;2*1-2H3. The molecule has 0 aliphatic heterocycles. The molecule has 0 rings (SSSR count). The number of nitrogens with zero attached hydrogens (tertiary/aromatic N) is 1. The van der Waals surface area contributed by atoms with Crippen LogP contribution in [0.15, 0.2) is 17.8 Å². The zero-order valence-corrected chi connectivity index (χ0v) is 9.39. The molecule has 0 atom stereocenters. The van der Waals surface area contributed by atoms with E-state index in [0.717, 1.165) is 0 Å². The van der Waals surface area contributed by atoms with E-state index in [2.05, 4.69) is 11.6 Å². The Bertz CT molecular complexity index is 75.9. The number of hydrogen-bond acceptors (Lipinski definition) is 2. The summed E-state index contributed by atoms with van der Waals surface area (Å²) in [5, 5.41) is 6.08. The summed E-state index contributed by atoms with van der Waals surface area (Å²) in [6.07, 6.45) is 4.44. The van der Waals surface area contributed by atoms with Crippen molar-refractivity contribution in [3.8, 4) is 0 Å². The van der Waals surface area contributed by atoms with Crippen LogP contribution in [0.2, 0.25) is 0 Å². The van der Waals surface area contributed by atoms with Crippen LogP contribution in [0.4, 0.5) is 0 Å². The van der Waals surface area contributed by atoms with Gasteiger partial charge in [-0.05, 0) is 20.1 Å². The van der Waals surface area contributed by atoms with Gasteiger partial charge in [0.25, 0.3) is 0 Å². The van der Waals surface area contributed by atoms with E-state index in [1.807, 2.05) is 34.6 Å². The van der Waals surface area contributed by atoms with Crippen LogP contribution in [0, 0.1) is 5.41 Å². The molecule has 0 saturated heterocycles. The van der Waals surface area contributed by atoms with Gasteiger partial charge in [0.2, 0.25) is 0 Å². The van der Waals surface area contributed by atoms with Crippen LogP contribution in [0.1, 0.15) is 41.5 Å². The third-order valence-corrected chi connectivity index (χ3v) is 0.254. The first-order valence-electron chi connectivity index (χ1n) is 4.37. The molecule has 0 aliphatic rings. The van der Waals surface area contributed by atoms with E-state index in [9.17, 15) is 0 Å². The highest BCUT2D eigenvalue weighted by atomic mass is 14.6. The minimum absolute atomic E-state index is 1.25. The average Bonchev–Trinajstić information content (AvgIpc) is 2.14. The van der Waals surface area contributed by atoms with Gasteiger partial charge in [-0.3, -0.25) is 4.99 Å². The van der Waals surface area contributed by atoms with Crippen LogP contribution < -0.4 is 0 Å². The molecule has 0 heterocycles. The largest absolute Gasteiger partial charge is 0.313 e. The lowest BCUT2D eigenvalue weighted by atomic mass is 10.9. The van der Waals surface area contributed by atoms with Crippen LogP contribution in [-0.2, 0) is 0 Å². The second-order valence-corrected chi connectivity index (χ2v) is 0.879. The molecule has 2 nitrogen and oxygen atoms in total. The Morgan fingerprint density at radius 1 is 1.08 bits per heavy atom. The van der Waals surface area contributed by atoms with E-state index in [4.69, 9.17) is 5.41 Å². The molecule has 1 N–H and O–H groups in total. The van der Waals surface area contributed by atoms with Crippen LogP contribution in [-0.4, -0.2) is 12.4 Å². The lowest BCUT2D eigenvalue weighted by Crippen LogP contribution is -1.46. The third kappa shape index (κ3) is 508. The fourth-order valence-corrected chi connectivity index (χ4v) is 0.105. The molecule has 0 unspecified atom stereocenters. The molecule has 0 aromatic heterocycles. The fraction of sp³-hybridized carbons (Fsp3) is 0.600. The van der Waals surface area contributed by atoms with Crippen LogP contribution >= 0.6 is 0 Å². The van der Waals surface area contributed by atoms with Gasteiger partial charge in [0.15, 0.2) is 0 Å². The van der Waals surface area contributed by atoms with Gasteiger partial charge < -0.3 is 5.41 Å². The lowest BCUT2D eigenvalue weighted by molar-refractivity contribution is 1.50. The van der Waals surface area contributed by atoms with Crippen molar-refractivity contribution in [2.24, 2.45) is 4.99 Å². The quantitative estimate of drug-likeness (QED) is 0.582. The topological polar surface area (TPSA) is 36.2 Å². The first-order valence-corrected chi connectivity index (χ1v) is 4.37. The van der Waals surface area contributed by atoms with E-state index >= 15 is 0 Å². The van der Waals surface area contributed by atoms with Crippen molar-refractivity contribution in [1.29, 1.82) is 5.41 Å². The van der Waals surface area contributed by atoms with Gasteiger partial charge in [-0.15, -0.1) is 0 Å². The summed E-state index contributed by atoms with van der Waals surface area (Å²) in [7, 11) is 0. The maximum Gasteiger partial charge on any atom is 0.0191 e. The Morgan fingerprint density at radius 3 is 1.33 bits per heavy atom. The molecule has 2 heteroatoms. The maximum atomic E-state index is 6.08. The van der Waals surface area contributed by atoms with Gasteiger partial charge in [-0.25, -0.2) is 0 Å². The first-order chi connectivity index (χ1) is 5.83. The van der Waals surface area contributed by atoms with Crippen molar-refractivity contribution < 1.29 is 0 Å². The molecule has 0 aliphatic carbocycles. The summed E-state index contributed by atoms with van der Waals surface area (Å²) in [4.78, 5) is 3.61. The maximum absolute atomic E-state index is 6.08. The molecule has 0 bridgehead atoms. The predicted molar refractivity (Wildman–Crippen MR) is 61.5 cm³/mol. The highest BCUT2D eigenvalue weighted by molar-refractivity contribution is 5.53. The van der Waals surface area contributed by atoms with E-state index in [0.29, 0.717) is 0 Å². The van der Waals surface area contributed by atoms with Crippen molar-refractivity contribution in [1.82, 2.24) is 0 Å². The lowest BCUT2D eigenvalue weighted by Gasteiger charge is -1.58. The second-order valence-electron chi connectivity index (χ2n) is 0.879. The molecule has 0 aromatic rings. The number of nitrogens with one attached hydrogen (secondary N) is 1. The van der Waals surface area contributed by atoms with Gasteiger partial charge in [0.05, 0.1) is 0 Å². The molecule has 0 saturated carbocycles. The molecule has 0 spiro atoms. The van der Waals surface area contributed by atoms with E-state index in [1.54, 1.807) is 13.1 Å². The van der Waals surface area contributed by atoms with Crippen molar-refractivity contribution in [3.05, 3.63) is 12.8 Å². The minimum Gasteiger partial charge on any atom is -0.313 e. The van der Waals surface area contributed by atoms with Crippen molar-refractivity contribution in [2.75, 3.05) is 0 Å². The molecule has 0 fully saturated rings. The molecule has 0 amide bonds. The second kappa shape index (κ2) is 87.6. The normalized spacial score (nSPS) is 5.83. The van der Waals surface area contributed by atoms with Gasteiger partial charge in [0.1, 0.15) is 0 Å². The molecule has 74 valence electrons. The molecular weight excluding hydrogens is 148 g/mol. The monoisotopic (exact) mass is 172 g/mol. The number of rotatable bonds is 1. The number of hydrogen-bond donors (Lipinski definition) is 1. The third-order valence-electron chi connectivity index (χ3n) is 0.254. The highest BCUT2D eigenvalue weighted by Crippen LogP contribution is 1.57. The van der Waals surface area contributed by atoms with Crippen molar-refractivity contribution >= 4 is 12.4 Å². The zero-order chi connectivity index (χ0) is 10.8. The molecule has 12 heavy (non-hydrogen) atoms. The Morgan fingerprint density at radius 2 is 1.33 bits per heavy atom. The van der Waals surface area contributed by atoms with E-state index in [1.165, 1.54) is 12.4 Å². The average molecular weight is 172 g/mol. The highest BCUT2D eigenvalue weighted by Gasteiger charge is 1.40. The van der Waals surface area contributed by atoms with Gasteiger partial charge >= 0.3 is 0 Å². The summed E-state index contributed by atoms with van der Waals surface area (Å²) in [6, 6.07) is 0. The fourth-order valence-electron chi connectivity index (χ4n) is 0.105. The van der Waals surface area contributed by atoms with Crippen LogP contribution in [0.3, 0.4) is 0 Å². The van der Waals surface area contributed by atoms with Gasteiger partial charge in [-0.1, -0.05) is 34.3 Å². The summed E-state index contributed by atoms with van der Waals surface area (Å²) >= 11 is 0. The molecular formula is C10H24N2. The zero-order valence-electron chi connectivity index (χ0n) is 9.39. The molecule has 0 radical (unpaired) electrons. The number of aliphatic imine (C=N–C) groups is 1. The Labute approximate surface area is 77.9 Å². The summed E-state index contributed by atoms with van der Waals surface area (Å²) in [5.74, 6) is 0. The first kappa shape index (κ1) is 22.5. The van der Waals surface area contributed by atoms with Crippen molar-refractivity contribution in [3.63, 3.8) is 0 Å². The Kier molecular flexibility index (Phi) is 164. The van der Waals surface area contributed by atoms with Crippen molar-refractivity contribution in [2.45, 2.75) is 41.5 Å². The van der Waals surface area contributed by atoms with Crippen LogP contribution in [0.25, 0.3) is 0 Å².